The molecule has 1 aromatic carbocycles. The fourth-order valence-corrected chi connectivity index (χ4v) is 2.53. The fourth-order valence-electron chi connectivity index (χ4n) is 2.53. The lowest BCUT2D eigenvalue weighted by Crippen LogP contribution is -2.30. The number of aryl methyl sites for hydroxylation is 1. The van der Waals surface area contributed by atoms with Crippen LogP contribution < -0.4 is 16.4 Å². The van der Waals surface area contributed by atoms with E-state index < -0.39 is 0 Å². The third-order valence-electron chi connectivity index (χ3n) is 3.60. The molecule has 1 heterocycles. The Balaban J connectivity index is 2.18. The summed E-state index contributed by atoms with van der Waals surface area (Å²) >= 11 is 0. The number of hydrogen-bond acceptors (Lipinski definition) is 3. The molecule has 1 aliphatic rings. The van der Waals surface area contributed by atoms with Crippen molar-refractivity contribution in [3.63, 3.8) is 0 Å². The Labute approximate surface area is 104 Å². The van der Waals surface area contributed by atoms with Gasteiger partial charge in [-0.05, 0) is 43.4 Å². The van der Waals surface area contributed by atoms with Gasteiger partial charge in [-0.1, -0.05) is 12.1 Å². The van der Waals surface area contributed by atoms with Gasteiger partial charge in [0.05, 0.1) is 0 Å². The van der Waals surface area contributed by atoms with Crippen LogP contribution in [0, 0.1) is 6.92 Å². The number of anilines is 1. The van der Waals surface area contributed by atoms with Gasteiger partial charge in [-0.2, -0.15) is 0 Å². The molecule has 0 amide bonds. The molecule has 3 nitrogen and oxygen atoms in total. The van der Waals surface area contributed by atoms with Crippen LogP contribution in [-0.4, -0.2) is 19.6 Å². The van der Waals surface area contributed by atoms with Crippen LogP contribution in [0.1, 0.15) is 36.4 Å². The van der Waals surface area contributed by atoms with Crippen LogP contribution in [0.25, 0.3) is 0 Å². The third-order valence-corrected chi connectivity index (χ3v) is 3.60. The normalized spacial score (nSPS) is 18.2. The molecule has 0 bridgehead atoms. The van der Waals surface area contributed by atoms with Crippen molar-refractivity contribution in [3.05, 3.63) is 29.3 Å². The van der Waals surface area contributed by atoms with Gasteiger partial charge in [0.2, 0.25) is 0 Å². The minimum atomic E-state index is -0.0379. The molecule has 1 atom stereocenters. The summed E-state index contributed by atoms with van der Waals surface area (Å²) in [6, 6.07) is 6.46. The van der Waals surface area contributed by atoms with E-state index in [-0.39, 0.29) is 6.04 Å². The number of benzene rings is 1. The second-order valence-corrected chi connectivity index (χ2v) is 4.94. The Morgan fingerprint density at radius 1 is 1.24 bits per heavy atom. The van der Waals surface area contributed by atoms with Gasteiger partial charge in [0.1, 0.15) is 0 Å². The Bertz CT molecular complexity index is 370. The smallest absolute Gasteiger partial charge is 0.0419 e. The molecule has 1 aliphatic heterocycles. The molecule has 3 heteroatoms. The highest BCUT2D eigenvalue weighted by molar-refractivity contribution is 5.55. The summed E-state index contributed by atoms with van der Waals surface area (Å²) in [7, 11) is 0. The number of rotatable bonds is 3. The first-order valence-electron chi connectivity index (χ1n) is 6.53. The summed E-state index contributed by atoms with van der Waals surface area (Å²) in [6.07, 6.45) is 3.98. The van der Waals surface area contributed by atoms with Gasteiger partial charge >= 0.3 is 0 Å². The van der Waals surface area contributed by atoms with Crippen molar-refractivity contribution in [2.75, 3.05) is 24.5 Å². The zero-order valence-electron chi connectivity index (χ0n) is 10.7. The highest BCUT2D eigenvalue weighted by Gasteiger charge is 2.14. The van der Waals surface area contributed by atoms with E-state index in [1.54, 1.807) is 0 Å². The standard InChI is InChI=1S/C14H23N3/c1-11-9-12(13(16)10-15)5-6-14(11)17-7-3-2-4-8-17/h5-6,9,13H,2-4,7-8,10,15-16H2,1H3/t13-/m1/s1. The lowest BCUT2D eigenvalue weighted by atomic mass is 10.0. The van der Waals surface area contributed by atoms with Crippen LogP contribution in [0.3, 0.4) is 0 Å². The summed E-state index contributed by atoms with van der Waals surface area (Å²) < 4.78 is 0. The summed E-state index contributed by atoms with van der Waals surface area (Å²) in [5, 5.41) is 0. The summed E-state index contributed by atoms with van der Waals surface area (Å²) in [4.78, 5) is 2.48. The van der Waals surface area contributed by atoms with Gasteiger partial charge < -0.3 is 16.4 Å². The Hall–Kier alpha value is -1.06. The SMILES string of the molecule is Cc1cc([C@H](N)CN)ccc1N1CCCCC1. The van der Waals surface area contributed by atoms with E-state index in [2.05, 4.69) is 30.0 Å². The van der Waals surface area contributed by atoms with Crippen molar-refractivity contribution in [2.45, 2.75) is 32.2 Å². The van der Waals surface area contributed by atoms with Gasteiger partial charge in [0, 0.05) is 31.4 Å². The largest absolute Gasteiger partial charge is 0.371 e. The second-order valence-electron chi connectivity index (χ2n) is 4.94. The van der Waals surface area contributed by atoms with Crippen LogP contribution in [0.2, 0.25) is 0 Å². The molecule has 0 aromatic heterocycles. The van der Waals surface area contributed by atoms with E-state index in [0.29, 0.717) is 6.54 Å². The highest BCUT2D eigenvalue weighted by Crippen LogP contribution is 2.25. The van der Waals surface area contributed by atoms with Crippen LogP contribution in [0.15, 0.2) is 18.2 Å². The Morgan fingerprint density at radius 2 is 1.94 bits per heavy atom. The van der Waals surface area contributed by atoms with Gasteiger partial charge in [0.15, 0.2) is 0 Å². The van der Waals surface area contributed by atoms with E-state index in [1.807, 2.05) is 0 Å². The molecule has 17 heavy (non-hydrogen) atoms. The lowest BCUT2D eigenvalue weighted by Gasteiger charge is -2.30. The van der Waals surface area contributed by atoms with E-state index >= 15 is 0 Å². The molecular weight excluding hydrogens is 210 g/mol. The number of nitrogens with two attached hydrogens (primary N) is 2. The van der Waals surface area contributed by atoms with E-state index in [1.165, 1.54) is 43.6 Å². The quantitative estimate of drug-likeness (QED) is 0.839. The maximum absolute atomic E-state index is 5.95. The number of hydrogen-bond donors (Lipinski definition) is 2. The maximum Gasteiger partial charge on any atom is 0.0419 e. The van der Waals surface area contributed by atoms with Crippen molar-refractivity contribution in [2.24, 2.45) is 11.5 Å². The summed E-state index contributed by atoms with van der Waals surface area (Å²) in [5.74, 6) is 0. The predicted molar refractivity (Wildman–Crippen MR) is 73.2 cm³/mol. The molecule has 1 aromatic rings. The first-order chi connectivity index (χ1) is 8.22. The van der Waals surface area contributed by atoms with Crippen molar-refractivity contribution < 1.29 is 0 Å². The van der Waals surface area contributed by atoms with Crippen molar-refractivity contribution >= 4 is 5.69 Å². The second kappa shape index (κ2) is 5.52. The molecule has 0 radical (unpaired) electrons. The number of piperidine rings is 1. The highest BCUT2D eigenvalue weighted by atomic mass is 15.1. The monoisotopic (exact) mass is 233 g/mol. The minimum Gasteiger partial charge on any atom is -0.371 e. The summed E-state index contributed by atoms with van der Waals surface area (Å²) in [5.41, 5.74) is 15.4. The zero-order valence-corrected chi connectivity index (χ0v) is 10.7. The van der Waals surface area contributed by atoms with Crippen molar-refractivity contribution in [1.82, 2.24) is 0 Å². The molecule has 0 unspecified atom stereocenters. The predicted octanol–water partition coefficient (Wildman–Crippen LogP) is 1.94. The first-order valence-corrected chi connectivity index (χ1v) is 6.53. The topological polar surface area (TPSA) is 55.3 Å². The van der Waals surface area contributed by atoms with E-state index in [9.17, 15) is 0 Å². The van der Waals surface area contributed by atoms with Crippen LogP contribution in [0.5, 0.6) is 0 Å². The first kappa shape index (κ1) is 12.4. The molecule has 94 valence electrons. The van der Waals surface area contributed by atoms with Crippen LogP contribution in [0.4, 0.5) is 5.69 Å². The molecule has 0 saturated carbocycles. The van der Waals surface area contributed by atoms with Gasteiger partial charge in [-0.15, -0.1) is 0 Å². The van der Waals surface area contributed by atoms with Crippen molar-refractivity contribution in [1.29, 1.82) is 0 Å². The molecular formula is C14H23N3. The average Bonchev–Trinajstić information content (AvgIpc) is 2.38. The lowest BCUT2D eigenvalue weighted by molar-refractivity contribution is 0.577. The van der Waals surface area contributed by atoms with Crippen LogP contribution in [-0.2, 0) is 0 Å². The van der Waals surface area contributed by atoms with E-state index in [0.717, 1.165) is 5.56 Å². The third kappa shape index (κ3) is 2.79. The Morgan fingerprint density at radius 3 is 2.53 bits per heavy atom. The van der Waals surface area contributed by atoms with Gasteiger partial charge in [-0.3, -0.25) is 0 Å². The maximum atomic E-state index is 5.95. The zero-order chi connectivity index (χ0) is 12.3. The Kier molecular flexibility index (Phi) is 4.02. The van der Waals surface area contributed by atoms with E-state index in [4.69, 9.17) is 11.5 Å². The molecule has 2 rings (SSSR count). The molecule has 1 saturated heterocycles. The van der Waals surface area contributed by atoms with Gasteiger partial charge in [-0.25, -0.2) is 0 Å². The minimum absolute atomic E-state index is 0.0379. The molecule has 4 N–H and O–H groups in total. The fraction of sp³-hybridized carbons (Fsp3) is 0.571. The van der Waals surface area contributed by atoms with Crippen molar-refractivity contribution in [3.8, 4) is 0 Å². The molecule has 0 spiro atoms. The molecule has 1 fully saturated rings. The van der Waals surface area contributed by atoms with Crippen LogP contribution >= 0.6 is 0 Å². The summed E-state index contributed by atoms with van der Waals surface area (Å²) in [6.45, 7) is 5.03. The van der Waals surface area contributed by atoms with Gasteiger partial charge in [0.25, 0.3) is 0 Å². The number of nitrogens with zero attached hydrogens (tertiary/aromatic N) is 1. The average molecular weight is 233 g/mol. The molecule has 0 aliphatic carbocycles.